The Balaban J connectivity index is 2.09. The zero-order valence-corrected chi connectivity index (χ0v) is 16.8. The second-order valence-corrected chi connectivity index (χ2v) is 6.68. The van der Waals surface area contributed by atoms with Crippen molar-refractivity contribution in [2.45, 2.75) is 24.9 Å². The Labute approximate surface area is 161 Å². The lowest BCUT2D eigenvalue weighted by Crippen LogP contribution is -2.46. The number of benzene rings is 1. The molecule has 0 aliphatic carbocycles. The molecule has 1 aromatic rings. The van der Waals surface area contributed by atoms with Gasteiger partial charge < -0.3 is 34.5 Å². The molecule has 2 rings (SSSR count). The van der Waals surface area contributed by atoms with Gasteiger partial charge in [0.25, 0.3) is 0 Å². The minimum atomic E-state index is -0.166. The van der Waals surface area contributed by atoms with E-state index in [9.17, 15) is 4.79 Å². The van der Waals surface area contributed by atoms with E-state index in [1.165, 1.54) is 0 Å². The summed E-state index contributed by atoms with van der Waals surface area (Å²) < 4.78 is 21.6. The summed E-state index contributed by atoms with van der Waals surface area (Å²) in [5.74, 6) is 1.72. The van der Waals surface area contributed by atoms with Crippen LogP contribution in [0.1, 0.15) is 24.4 Å². The fourth-order valence-corrected chi connectivity index (χ4v) is 3.16. The van der Waals surface area contributed by atoms with Gasteiger partial charge in [-0.05, 0) is 44.6 Å². The number of carbonyl (C=O) groups excluding carboxylic acids is 1. The van der Waals surface area contributed by atoms with E-state index in [1.807, 2.05) is 31.1 Å². The smallest absolute Gasteiger partial charge is 0.315 e. The molecule has 1 aromatic carbocycles. The molecule has 1 aliphatic rings. The summed E-state index contributed by atoms with van der Waals surface area (Å²) in [6.45, 7) is 1.83. The molecule has 1 saturated heterocycles. The van der Waals surface area contributed by atoms with E-state index in [1.54, 1.807) is 21.3 Å². The summed E-state index contributed by atoms with van der Waals surface area (Å²) >= 11 is 0. The lowest BCUT2D eigenvalue weighted by atomic mass is 10.0. The van der Waals surface area contributed by atoms with Gasteiger partial charge in [0.2, 0.25) is 5.75 Å². The van der Waals surface area contributed by atoms with E-state index in [2.05, 4.69) is 10.6 Å². The van der Waals surface area contributed by atoms with E-state index in [0.717, 1.165) is 18.4 Å². The SMILES string of the molecule is COc1cc(C(CNC(=O)NC2CCOCC2)N(C)C)cc(OC)c1OC. The van der Waals surface area contributed by atoms with Crippen LogP contribution in [0.2, 0.25) is 0 Å². The molecule has 0 bridgehead atoms. The molecule has 1 fully saturated rings. The van der Waals surface area contributed by atoms with E-state index in [4.69, 9.17) is 18.9 Å². The van der Waals surface area contributed by atoms with Crippen molar-refractivity contribution in [2.75, 3.05) is 55.2 Å². The van der Waals surface area contributed by atoms with Gasteiger partial charge >= 0.3 is 6.03 Å². The van der Waals surface area contributed by atoms with E-state index < -0.39 is 0 Å². The number of hydrogen-bond donors (Lipinski definition) is 2. The number of ether oxygens (including phenoxy) is 4. The highest BCUT2D eigenvalue weighted by Crippen LogP contribution is 2.40. The maximum Gasteiger partial charge on any atom is 0.315 e. The fourth-order valence-electron chi connectivity index (χ4n) is 3.16. The van der Waals surface area contributed by atoms with Crippen molar-refractivity contribution in [2.24, 2.45) is 0 Å². The highest BCUT2D eigenvalue weighted by Gasteiger charge is 2.22. The Kier molecular flexibility index (Phi) is 7.99. The molecule has 8 nitrogen and oxygen atoms in total. The summed E-state index contributed by atoms with van der Waals surface area (Å²) in [4.78, 5) is 14.3. The van der Waals surface area contributed by atoms with Gasteiger partial charge in [-0.15, -0.1) is 0 Å². The Morgan fingerprint density at radius 2 is 1.74 bits per heavy atom. The monoisotopic (exact) mass is 381 g/mol. The zero-order valence-electron chi connectivity index (χ0n) is 16.8. The number of hydrogen-bond acceptors (Lipinski definition) is 6. The maximum atomic E-state index is 12.3. The number of carbonyl (C=O) groups is 1. The van der Waals surface area contributed by atoms with E-state index in [-0.39, 0.29) is 18.1 Å². The fraction of sp³-hybridized carbons (Fsp3) is 0.632. The van der Waals surface area contributed by atoms with Crippen molar-refractivity contribution in [3.8, 4) is 17.2 Å². The molecule has 152 valence electrons. The normalized spacial score (nSPS) is 15.9. The zero-order chi connectivity index (χ0) is 19.8. The van der Waals surface area contributed by atoms with Crippen molar-refractivity contribution in [1.82, 2.24) is 15.5 Å². The van der Waals surface area contributed by atoms with Crippen LogP contribution in [0.3, 0.4) is 0 Å². The van der Waals surface area contributed by atoms with Crippen LogP contribution in [0.25, 0.3) is 0 Å². The van der Waals surface area contributed by atoms with Gasteiger partial charge in [0.05, 0.1) is 27.4 Å². The van der Waals surface area contributed by atoms with Crippen LogP contribution in [0.4, 0.5) is 4.79 Å². The minimum absolute atomic E-state index is 0.0563. The van der Waals surface area contributed by atoms with Gasteiger partial charge in [-0.2, -0.15) is 0 Å². The minimum Gasteiger partial charge on any atom is -0.493 e. The molecule has 0 radical (unpaired) electrons. The lowest BCUT2D eigenvalue weighted by molar-refractivity contribution is 0.0800. The molecule has 1 unspecified atom stereocenters. The van der Waals surface area contributed by atoms with Gasteiger partial charge in [-0.3, -0.25) is 0 Å². The molecule has 0 saturated carbocycles. The van der Waals surface area contributed by atoms with Crippen LogP contribution in [-0.4, -0.2) is 72.2 Å². The molecule has 2 amide bonds. The number of amides is 2. The van der Waals surface area contributed by atoms with Gasteiger partial charge in [0.15, 0.2) is 11.5 Å². The van der Waals surface area contributed by atoms with Gasteiger partial charge in [-0.1, -0.05) is 0 Å². The number of nitrogens with zero attached hydrogens (tertiary/aromatic N) is 1. The molecule has 27 heavy (non-hydrogen) atoms. The van der Waals surface area contributed by atoms with Crippen LogP contribution in [0.15, 0.2) is 12.1 Å². The largest absolute Gasteiger partial charge is 0.493 e. The molecular weight excluding hydrogens is 350 g/mol. The van der Waals surface area contributed by atoms with Gasteiger partial charge in [-0.25, -0.2) is 4.79 Å². The number of nitrogens with one attached hydrogen (secondary N) is 2. The first-order chi connectivity index (χ1) is 13.0. The summed E-state index contributed by atoms with van der Waals surface area (Å²) in [6.07, 6.45) is 1.69. The first-order valence-corrected chi connectivity index (χ1v) is 9.08. The Bertz CT molecular complexity index is 592. The first-order valence-electron chi connectivity index (χ1n) is 9.08. The molecule has 8 heteroatoms. The highest BCUT2D eigenvalue weighted by molar-refractivity contribution is 5.74. The first kappa shape index (κ1) is 21.1. The second-order valence-electron chi connectivity index (χ2n) is 6.68. The standard InChI is InChI=1S/C19H31N3O5/c1-22(2)15(12-20-19(23)21-14-6-8-27-9-7-14)13-10-16(24-3)18(26-5)17(11-13)25-4/h10-11,14-15H,6-9,12H2,1-5H3,(H2,20,21,23). The quantitative estimate of drug-likeness (QED) is 0.715. The third-order valence-corrected chi connectivity index (χ3v) is 4.71. The van der Waals surface area contributed by atoms with Crippen molar-refractivity contribution in [3.05, 3.63) is 17.7 Å². The number of rotatable bonds is 8. The lowest BCUT2D eigenvalue weighted by Gasteiger charge is -2.28. The third kappa shape index (κ3) is 5.64. The molecule has 0 spiro atoms. The molecular formula is C19H31N3O5. The van der Waals surface area contributed by atoms with E-state index in [0.29, 0.717) is 37.0 Å². The van der Waals surface area contributed by atoms with Crippen LogP contribution < -0.4 is 24.8 Å². The topological polar surface area (TPSA) is 81.3 Å². The Morgan fingerprint density at radius 1 is 1.15 bits per heavy atom. The number of likely N-dealkylation sites (N-methyl/N-ethyl adjacent to an activating group) is 1. The maximum absolute atomic E-state index is 12.3. The summed E-state index contributed by atoms with van der Waals surface area (Å²) in [6, 6.07) is 3.76. The van der Waals surface area contributed by atoms with E-state index >= 15 is 0 Å². The predicted molar refractivity (Wildman–Crippen MR) is 103 cm³/mol. The van der Waals surface area contributed by atoms with Crippen molar-refractivity contribution in [1.29, 1.82) is 0 Å². The predicted octanol–water partition coefficient (Wildman–Crippen LogP) is 1.79. The second kappa shape index (κ2) is 10.2. The molecule has 1 heterocycles. The number of methoxy groups -OCH3 is 3. The van der Waals surface area contributed by atoms with Crippen LogP contribution in [-0.2, 0) is 4.74 Å². The Morgan fingerprint density at radius 3 is 2.22 bits per heavy atom. The number of urea groups is 1. The summed E-state index contributed by atoms with van der Waals surface area (Å²) in [5.41, 5.74) is 0.959. The average Bonchev–Trinajstić information content (AvgIpc) is 2.67. The van der Waals surface area contributed by atoms with Crippen molar-refractivity contribution in [3.63, 3.8) is 0 Å². The van der Waals surface area contributed by atoms with Crippen LogP contribution in [0.5, 0.6) is 17.2 Å². The highest BCUT2D eigenvalue weighted by atomic mass is 16.5. The Hall–Kier alpha value is -2.19. The van der Waals surface area contributed by atoms with Gasteiger partial charge in [0, 0.05) is 25.8 Å². The summed E-state index contributed by atoms with van der Waals surface area (Å²) in [7, 11) is 8.68. The third-order valence-electron chi connectivity index (χ3n) is 4.71. The van der Waals surface area contributed by atoms with Gasteiger partial charge in [0.1, 0.15) is 0 Å². The molecule has 1 aliphatic heterocycles. The average molecular weight is 381 g/mol. The molecule has 0 aromatic heterocycles. The summed E-state index contributed by atoms with van der Waals surface area (Å²) in [5, 5.41) is 5.98. The van der Waals surface area contributed by atoms with Crippen LogP contribution >= 0.6 is 0 Å². The van der Waals surface area contributed by atoms with Crippen molar-refractivity contribution >= 4 is 6.03 Å². The molecule has 2 N–H and O–H groups in total. The molecule has 1 atom stereocenters. The van der Waals surface area contributed by atoms with Crippen molar-refractivity contribution < 1.29 is 23.7 Å². The van der Waals surface area contributed by atoms with Crippen LogP contribution in [0, 0.1) is 0 Å².